The predicted octanol–water partition coefficient (Wildman–Crippen LogP) is 5.64. The van der Waals surface area contributed by atoms with Gasteiger partial charge >= 0.3 is 0 Å². The Morgan fingerprint density at radius 3 is 2.43 bits per heavy atom. The zero-order valence-corrected chi connectivity index (χ0v) is 12.5. The number of rotatable bonds is 0. The highest BCUT2D eigenvalue weighted by atomic mass is 14.8. The van der Waals surface area contributed by atoms with E-state index in [2.05, 4.69) is 66.7 Å². The van der Waals surface area contributed by atoms with Crippen molar-refractivity contribution in [1.82, 2.24) is 0 Å². The smallest absolute Gasteiger partial charge is 0.0712 e. The average molecular weight is 291 g/mol. The molecule has 3 aromatic carbocycles. The molecule has 0 atom stereocenters. The van der Waals surface area contributed by atoms with Crippen LogP contribution in [0.25, 0.3) is 27.5 Å². The maximum atomic E-state index is 4.87. The molecule has 0 spiro atoms. The molecule has 1 nitrogen and oxygen atoms in total. The number of fused-ring (bicyclic) bond motifs is 5. The van der Waals surface area contributed by atoms with Crippen LogP contribution in [0.15, 0.2) is 71.7 Å². The first-order valence-corrected chi connectivity index (χ1v) is 8.05. The van der Waals surface area contributed by atoms with Gasteiger partial charge in [-0.15, -0.1) is 0 Å². The van der Waals surface area contributed by atoms with Crippen LogP contribution < -0.4 is 0 Å². The SMILES string of the molecule is C1=C2C(=Nc3ccccc32)CC2=C1c1cccc3cccc2c13. The van der Waals surface area contributed by atoms with Gasteiger partial charge in [0.15, 0.2) is 0 Å². The van der Waals surface area contributed by atoms with Crippen molar-refractivity contribution in [3.63, 3.8) is 0 Å². The highest BCUT2D eigenvalue weighted by Gasteiger charge is 2.31. The van der Waals surface area contributed by atoms with Crippen molar-refractivity contribution < 1.29 is 0 Å². The molecule has 106 valence electrons. The Bertz CT molecular complexity index is 1120. The lowest BCUT2D eigenvalue weighted by molar-refractivity contribution is 1.46. The third kappa shape index (κ3) is 1.35. The standard InChI is InChI=1S/C22H13N/c1-2-10-20-14(7-1)19-11-17-15-8-3-5-13-6-4-9-16(22(13)15)18(17)12-21(19)23-20/h1-11H,12H2. The summed E-state index contributed by atoms with van der Waals surface area (Å²) in [6.07, 6.45) is 3.29. The van der Waals surface area contributed by atoms with Crippen LogP contribution in [-0.2, 0) is 0 Å². The quantitative estimate of drug-likeness (QED) is 0.508. The first-order valence-electron chi connectivity index (χ1n) is 8.05. The van der Waals surface area contributed by atoms with Gasteiger partial charge in [-0.1, -0.05) is 54.6 Å². The molecular formula is C22H13N. The minimum Gasteiger partial charge on any atom is -0.252 e. The molecule has 0 unspecified atom stereocenters. The predicted molar refractivity (Wildman–Crippen MR) is 96.9 cm³/mol. The number of hydrogen-bond donors (Lipinski definition) is 0. The number of nitrogens with zero attached hydrogens (tertiary/aromatic N) is 1. The molecule has 1 aliphatic heterocycles. The lowest BCUT2D eigenvalue weighted by atomic mass is 9.87. The van der Waals surface area contributed by atoms with Crippen LogP contribution in [0, 0.1) is 0 Å². The number of benzene rings is 3. The fourth-order valence-electron chi connectivity index (χ4n) is 4.25. The summed E-state index contributed by atoms with van der Waals surface area (Å²) in [5, 5.41) is 2.74. The molecule has 0 N–H and O–H groups in total. The second-order valence-electron chi connectivity index (χ2n) is 6.41. The van der Waals surface area contributed by atoms with Gasteiger partial charge in [0.1, 0.15) is 0 Å². The monoisotopic (exact) mass is 291 g/mol. The first kappa shape index (κ1) is 11.6. The molecule has 0 bridgehead atoms. The van der Waals surface area contributed by atoms with Gasteiger partial charge in [0.25, 0.3) is 0 Å². The van der Waals surface area contributed by atoms with Crippen molar-refractivity contribution >= 4 is 38.9 Å². The Labute approximate surface area is 134 Å². The van der Waals surface area contributed by atoms with Crippen LogP contribution in [0.1, 0.15) is 23.1 Å². The summed E-state index contributed by atoms with van der Waals surface area (Å²) in [4.78, 5) is 4.87. The van der Waals surface area contributed by atoms with Crippen LogP contribution in [0.5, 0.6) is 0 Å². The van der Waals surface area contributed by atoms with Gasteiger partial charge < -0.3 is 0 Å². The van der Waals surface area contributed by atoms with Gasteiger partial charge in [-0.2, -0.15) is 0 Å². The van der Waals surface area contributed by atoms with E-state index in [1.54, 1.807) is 0 Å². The Morgan fingerprint density at radius 2 is 1.52 bits per heavy atom. The van der Waals surface area contributed by atoms with E-state index in [9.17, 15) is 0 Å². The minimum atomic E-state index is 0.934. The molecule has 0 saturated heterocycles. The molecule has 0 aromatic heterocycles. The Balaban J connectivity index is 1.67. The molecule has 1 heterocycles. The third-order valence-electron chi connectivity index (χ3n) is 5.24. The number of allylic oxidation sites excluding steroid dienone is 4. The molecule has 6 rings (SSSR count). The molecule has 0 radical (unpaired) electrons. The Hall–Kier alpha value is -2.93. The van der Waals surface area contributed by atoms with Gasteiger partial charge in [-0.05, 0) is 45.2 Å². The van der Waals surface area contributed by atoms with Crippen molar-refractivity contribution in [3.05, 3.63) is 83.4 Å². The fraction of sp³-hybridized carbons (Fsp3) is 0.0455. The van der Waals surface area contributed by atoms with Gasteiger partial charge in [-0.3, -0.25) is 4.99 Å². The van der Waals surface area contributed by atoms with E-state index in [-0.39, 0.29) is 0 Å². The topological polar surface area (TPSA) is 12.4 Å². The number of hydrogen-bond acceptors (Lipinski definition) is 1. The molecule has 1 heteroatoms. The molecule has 0 amide bonds. The number of aliphatic imine (C=N–C) groups is 1. The summed E-state index contributed by atoms with van der Waals surface area (Å²) >= 11 is 0. The molecule has 3 aliphatic rings. The second kappa shape index (κ2) is 3.88. The van der Waals surface area contributed by atoms with Gasteiger partial charge in [-0.25, -0.2) is 0 Å². The summed E-state index contributed by atoms with van der Waals surface area (Å²) in [5.74, 6) is 0. The lowest BCUT2D eigenvalue weighted by Gasteiger charge is -2.15. The van der Waals surface area contributed by atoms with Crippen molar-refractivity contribution in [2.75, 3.05) is 0 Å². The zero-order chi connectivity index (χ0) is 15.0. The molecule has 23 heavy (non-hydrogen) atoms. The van der Waals surface area contributed by atoms with Crippen LogP contribution in [-0.4, -0.2) is 5.71 Å². The molecular weight excluding hydrogens is 278 g/mol. The number of para-hydroxylation sites is 1. The maximum Gasteiger partial charge on any atom is 0.0712 e. The van der Waals surface area contributed by atoms with Crippen LogP contribution in [0.3, 0.4) is 0 Å². The van der Waals surface area contributed by atoms with Gasteiger partial charge in [0, 0.05) is 17.6 Å². The van der Waals surface area contributed by atoms with E-state index in [4.69, 9.17) is 4.99 Å². The highest BCUT2D eigenvalue weighted by Crippen LogP contribution is 2.50. The van der Waals surface area contributed by atoms with E-state index in [0.29, 0.717) is 0 Å². The van der Waals surface area contributed by atoms with Crippen LogP contribution in [0.4, 0.5) is 5.69 Å². The molecule has 3 aromatic rings. The van der Waals surface area contributed by atoms with Crippen molar-refractivity contribution in [2.24, 2.45) is 4.99 Å². The zero-order valence-electron chi connectivity index (χ0n) is 12.5. The summed E-state index contributed by atoms with van der Waals surface area (Å²) in [6, 6.07) is 21.7. The van der Waals surface area contributed by atoms with E-state index < -0.39 is 0 Å². The summed E-state index contributed by atoms with van der Waals surface area (Å²) in [5.41, 5.74) is 10.5. The molecule has 0 saturated carbocycles. The minimum absolute atomic E-state index is 0.934. The van der Waals surface area contributed by atoms with E-state index in [0.717, 1.165) is 12.1 Å². The van der Waals surface area contributed by atoms with E-state index in [1.807, 2.05) is 0 Å². The van der Waals surface area contributed by atoms with Crippen LogP contribution >= 0.6 is 0 Å². The van der Waals surface area contributed by atoms with Crippen molar-refractivity contribution in [2.45, 2.75) is 6.42 Å². The van der Waals surface area contributed by atoms with Crippen LogP contribution in [0.2, 0.25) is 0 Å². The van der Waals surface area contributed by atoms with E-state index in [1.165, 1.54) is 49.9 Å². The maximum absolute atomic E-state index is 4.87. The Kier molecular flexibility index (Phi) is 1.96. The Morgan fingerprint density at radius 1 is 0.739 bits per heavy atom. The second-order valence-corrected chi connectivity index (χ2v) is 6.41. The summed E-state index contributed by atoms with van der Waals surface area (Å²) in [6.45, 7) is 0. The molecule has 2 aliphatic carbocycles. The normalized spacial score (nSPS) is 16.9. The summed E-state index contributed by atoms with van der Waals surface area (Å²) < 4.78 is 0. The van der Waals surface area contributed by atoms with Gasteiger partial charge in [0.2, 0.25) is 0 Å². The fourth-order valence-corrected chi connectivity index (χ4v) is 4.25. The lowest BCUT2D eigenvalue weighted by Crippen LogP contribution is -2.04. The third-order valence-corrected chi connectivity index (χ3v) is 5.24. The van der Waals surface area contributed by atoms with Crippen molar-refractivity contribution in [1.29, 1.82) is 0 Å². The van der Waals surface area contributed by atoms with E-state index >= 15 is 0 Å². The molecule has 0 fully saturated rings. The average Bonchev–Trinajstić information content (AvgIpc) is 3.11. The van der Waals surface area contributed by atoms with Gasteiger partial charge in [0.05, 0.1) is 11.4 Å². The highest BCUT2D eigenvalue weighted by molar-refractivity contribution is 6.38. The first-order chi connectivity index (χ1) is 11.4. The van der Waals surface area contributed by atoms with Crippen molar-refractivity contribution in [3.8, 4) is 0 Å². The summed E-state index contributed by atoms with van der Waals surface area (Å²) in [7, 11) is 0. The largest absolute Gasteiger partial charge is 0.252 e.